The fraction of sp³-hybridized carbons (Fsp3) is 0. The van der Waals surface area contributed by atoms with Crippen LogP contribution in [0.4, 0.5) is 0 Å². The fourth-order valence-electron chi connectivity index (χ4n) is 10.8. The average Bonchev–Trinajstić information content (AvgIpc) is 4.10. The zero-order chi connectivity index (χ0) is 41.9. The molecule has 0 saturated carbocycles. The second kappa shape index (κ2) is 13.8. The van der Waals surface area contributed by atoms with Gasteiger partial charge in [0.2, 0.25) is 0 Å². The Balaban J connectivity index is 0.965. The van der Waals surface area contributed by atoms with Crippen molar-refractivity contribution in [3.63, 3.8) is 0 Å². The van der Waals surface area contributed by atoms with Crippen molar-refractivity contribution in [1.82, 2.24) is 13.7 Å². The molecule has 0 radical (unpaired) electrons. The van der Waals surface area contributed by atoms with Crippen molar-refractivity contribution in [2.75, 3.05) is 0 Å². The summed E-state index contributed by atoms with van der Waals surface area (Å²) in [6, 6.07) is 83.0. The third-order valence-electron chi connectivity index (χ3n) is 13.5. The maximum absolute atomic E-state index is 2.52. The van der Waals surface area contributed by atoms with Crippen LogP contribution in [0.15, 0.2) is 224 Å². The molecule has 0 amide bonds. The molecule has 0 aliphatic carbocycles. The van der Waals surface area contributed by atoms with E-state index < -0.39 is 0 Å². The monoisotopic (exact) mass is 879 g/mol. The van der Waals surface area contributed by atoms with Gasteiger partial charge in [-0.05, 0) is 12.1 Å². The second-order valence-corrected chi connectivity index (χ2v) is 19.0. The fourth-order valence-corrected chi connectivity index (χ4v) is 13.4. The van der Waals surface area contributed by atoms with Crippen LogP contribution in [0.5, 0.6) is 0 Å². The van der Waals surface area contributed by atoms with Crippen LogP contribution in [-0.4, -0.2) is 28.2 Å². The van der Waals surface area contributed by atoms with Gasteiger partial charge in [0.15, 0.2) is 0 Å². The van der Waals surface area contributed by atoms with Crippen LogP contribution in [0.1, 0.15) is 0 Å². The van der Waals surface area contributed by atoms with E-state index in [2.05, 4.69) is 238 Å². The molecule has 14 aromatic rings. The Morgan fingerprint density at radius 2 is 0.719 bits per heavy atom. The number of rotatable bonds is 5. The standard InChI is InChI=1S/C60H37N3Se/c1-2-16-38(17-3-1)41-18-4-5-19-42(41)47-24-14-25-48-59-57(30-15-31-58(59)64-60(47)48)63-54-29-13-9-23-46(54)50-37-40(33-35-56(50)63)62-53-28-12-8-22-45(53)49-36-39(32-34-55(49)62)61-51-26-10-6-20-43(51)44-21-7-11-27-52(44)61/h1-37H. The topological polar surface area (TPSA) is 14.8 Å². The second-order valence-electron chi connectivity index (χ2n) is 16.8. The third-order valence-corrected chi connectivity index (χ3v) is 16.0. The van der Waals surface area contributed by atoms with Crippen molar-refractivity contribution in [1.29, 1.82) is 0 Å². The summed E-state index contributed by atoms with van der Waals surface area (Å²) in [5.74, 6) is 0. The number of fused-ring (bicyclic) bond motifs is 12. The van der Waals surface area contributed by atoms with Gasteiger partial charge in [-0.25, -0.2) is 0 Å². The van der Waals surface area contributed by atoms with Gasteiger partial charge < -0.3 is 4.57 Å². The van der Waals surface area contributed by atoms with Crippen LogP contribution < -0.4 is 0 Å². The molecule has 0 saturated heterocycles. The van der Waals surface area contributed by atoms with E-state index in [1.807, 2.05) is 0 Å². The van der Waals surface area contributed by atoms with Crippen molar-refractivity contribution in [3.8, 4) is 39.3 Å². The molecule has 3 nitrogen and oxygen atoms in total. The molecule has 10 aromatic carbocycles. The minimum absolute atomic E-state index is 0.144. The predicted molar refractivity (Wildman–Crippen MR) is 272 cm³/mol. The number of aromatic nitrogens is 3. The van der Waals surface area contributed by atoms with Gasteiger partial charge in [-0.1, -0.05) is 42.5 Å². The number of hydrogen-bond acceptors (Lipinski definition) is 0. The third kappa shape index (κ3) is 5.10. The van der Waals surface area contributed by atoms with Gasteiger partial charge in [-0.15, -0.1) is 0 Å². The molecule has 0 atom stereocenters. The van der Waals surface area contributed by atoms with Crippen LogP contribution in [0.3, 0.4) is 0 Å². The van der Waals surface area contributed by atoms with E-state index in [0.29, 0.717) is 0 Å². The predicted octanol–water partition coefficient (Wildman–Crippen LogP) is 15.7. The zero-order valence-electron chi connectivity index (χ0n) is 34.6. The van der Waals surface area contributed by atoms with E-state index in [-0.39, 0.29) is 14.5 Å². The van der Waals surface area contributed by atoms with Crippen LogP contribution in [-0.2, 0) is 0 Å². The van der Waals surface area contributed by atoms with Crippen LogP contribution >= 0.6 is 0 Å². The number of hydrogen-bond donors (Lipinski definition) is 0. The van der Waals surface area contributed by atoms with Gasteiger partial charge in [0.05, 0.1) is 11.0 Å². The molecule has 0 bridgehead atoms. The quantitative estimate of drug-likeness (QED) is 0.153. The summed E-state index contributed by atoms with van der Waals surface area (Å²) in [6.07, 6.45) is 0. The Bertz CT molecular complexity index is 4140. The molecule has 0 aliphatic rings. The van der Waals surface area contributed by atoms with Crippen molar-refractivity contribution in [2.24, 2.45) is 0 Å². The van der Waals surface area contributed by atoms with Gasteiger partial charge in [0, 0.05) is 16.5 Å². The van der Waals surface area contributed by atoms with Gasteiger partial charge in [0.1, 0.15) is 0 Å². The molecule has 14 rings (SSSR count). The van der Waals surface area contributed by atoms with Crippen LogP contribution in [0.25, 0.3) is 124 Å². The number of para-hydroxylation sites is 4. The summed E-state index contributed by atoms with van der Waals surface area (Å²) in [5, 5.41) is 10.2. The molecular formula is C60H37N3Se. The Morgan fingerprint density at radius 3 is 1.33 bits per heavy atom. The molecule has 298 valence electrons. The first kappa shape index (κ1) is 35.7. The molecule has 0 unspecified atom stereocenters. The zero-order valence-corrected chi connectivity index (χ0v) is 36.3. The van der Waals surface area contributed by atoms with Crippen molar-refractivity contribution in [3.05, 3.63) is 224 Å². The van der Waals surface area contributed by atoms with Gasteiger partial charge in [-0.3, -0.25) is 0 Å². The summed E-state index contributed by atoms with van der Waals surface area (Å²) in [7, 11) is 0. The normalized spacial score (nSPS) is 12.1. The molecule has 0 aliphatic heterocycles. The van der Waals surface area contributed by atoms with Crippen LogP contribution in [0, 0.1) is 0 Å². The SMILES string of the molecule is c1ccc(-c2ccccc2-c2cccc3c2[se]c2cccc(-n4c5ccccc5c5cc(-n6c7ccccc7c7cc(-n8c9ccccc9c9ccccc98)ccc76)ccc54)c23)cc1. The van der Waals surface area contributed by atoms with E-state index in [1.54, 1.807) is 0 Å². The molecule has 0 N–H and O–H groups in total. The molecule has 0 fully saturated rings. The molecule has 64 heavy (non-hydrogen) atoms. The summed E-state index contributed by atoms with van der Waals surface area (Å²) < 4.78 is 10.3. The molecular weight excluding hydrogens is 842 g/mol. The Morgan fingerprint density at radius 1 is 0.281 bits per heavy atom. The Labute approximate surface area is 374 Å². The van der Waals surface area contributed by atoms with Crippen molar-refractivity contribution in [2.45, 2.75) is 0 Å². The van der Waals surface area contributed by atoms with E-state index in [0.717, 1.165) is 11.4 Å². The van der Waals surface area contributed by atoms with E-state index in [9.17, 15) is 0 Å². The van der Waals surface area contributed by atoms with Crippen molar-refractivity contribution < 1.29 is 0 Å². The Kier molecular flexibility index (Phi) is 7.70. The van der Waals surface area contributed by atoms with Gasteiger partial charge >= 0.3 is 290 Å². The minimum atomic E-state index is 0.144. The first-order valence-electron chi connectivity index (χ1n) is 21.9. The molecule has 4 heterocycles. The summed E-state index contributed by atoms with van der Waals surface area (Å²) >= 11 is 0.144. The van der Waals surface area contributed by atoms with E-state index in [4.69, 9.17) is 0 Å². The summed E-state index contributed by atoms with van der Waals surface area (Å²) in [5.41, 5.74) is 15.9. The summed E-state index contributed by atoms with van der Waals surface area (Å²) in [6.45, 7) is 0. The first-order chi connectivity index (χ1) is 31.8. The maximum atomic E-state index is 2.52. The number of benzene rings is 10. The van der Waals surface area contributed by atoms with Gasteiger partial charge in [0.25, 0.3) is 0 Å². The van der Waals surface area contributed by atoms with Crippen molar-refractivity contribution >= 4 is 99.2 Å². The summed E-state index contributed by atoms with van der Waals surface area (Å²) in [4.78, 5) is 0. The first-order valence-corrected chi connectivity index (χ1v) is 23.6. The molecule has 4 heteroatoms. The van der Waals surface area contributed by atoms with Crippen LogP contribution in [0.2, 0.25) is 0 Å². The van der Waals surface area contributed by atoms with Gasteiger partial charge in [-0.2, -0.15) is 0 Å². The molecule has 4 aromatic heterocycles. The Hall–Kier alpha value is -7.88. The number of nitrogens with zero attached hydrogens (tertiary/aromatic N) is 3. The van der Waals surface area contributed by atoms with E-state index in [1.165, 1.54) is 113 Å². The molecule has 0 spiro atoms. The average molecular weight is 879 g/mol. The van der Waals surface area contributed by atoms with E-state index >= 15 is 0 Å².